The third kappa shape index (κ3) is 6.91. The average Bonchev–Trinajstić information content (AvgIpc) is 2.89. The molecule has 41 heavy (non-hydrogen) atoms. The summed E-state index contributed by atoms with van der Waals surface area (Å²) in [7, 11) is 0. The number of ether oxygens (including phenoxy) is 1. The number of nitrogens with two attached hydrogens (primary N) is 1. The van der Waals surface area contributed by atoms with Crippen LogP contribution in [0, 0.1) is 5.82 Å². The number of fused-ring (bicyclic) bond motifs is 1. The maximum absolute atomic E-state index is 14.9. The molecule has 0 unspecified atom stereocenters. The van der Waals surface area contributed by atoms with Gasteiger partial charge in [-0.1, -0.05) is 11.6 Å². The fourth-order valence-corrected chi connectivity index (χ4v) is 4.01. The van der Waals surface area contributed by atoms with Crippen molar-refractivity contribution < 1.29 is 31.1 Å². The Labute approximate surface area is 230 Å². The van der Waals surface area contributed by atoms with Gasteiger partial charge in [0.25, 0.3) is 11.1 Å². The van der Waals surface area contributed by atoms with Crippen molar-refractivity contribution in [3.8, 4) is 11.4 Å². The number of halogens is 7. The van der Waals surface area contributed by atoms with Crippen LogP contribution in [0.1, 0.15) is 18.4 Å². The van der Waals surface area contributed by atoms with Crippen molar-refractivity contribution in [2.75, 3.05) is 17.7 Å². The molecule has 0 aliphatic rings. The van der Waals surface area contributed by atoms with E-state index in [2.05, 4.69) is 30.1 Å². The number of aromatic amines is 1. The van der Waals surface area contributed by atoms with Crippen LogP contribution in [0.2, 0.25) is 5.02 Å². The molecule has 0 aliphatic heterocycles. The van der Waals surface area contributed by atoms with Gasteiger partial charge < -0.3 is 15.8 Å². The van der Waals surface area contributed by atoms with E-state index in [0.29, 0.717) is 6.20 Å². The van der Waals surface area contributed by atoms with E-state index < -0.39 is 53.6 Å². The normalized spacial score (nSPS) is 12.7. The van der Waals surface area contributed by atoms with E-state index >= 15 is 0 Å². The standard InChI is InChI=1S/C23H19ClF6N8O3/c24-13-6-32-19(36-18(13)31)11-5-15-12(4-14(11)25)21(40)38(9-33-15)3-1-2-10(8-41-22(26)27)35-16-7-34-37-20(39)17(16)23(28,29)30/h4-7,9-10,22H,1-3,8H2,(H2,31,32,36)(H2,35,37,39)/t10-/m1/s1. The van der Waals surface area contributed by atoms with Crippen LogP contribution in [0.3, 0.4) is 0 Å². The highest BCUT2D eigenvalue weighted by Gasteiger charge is 2.37. The summed E-state index contributed by atoms with van der Waals surface area (Å²) >= 11 is 5.80. The summed E-state index contributed by atoms with van der Waals surface area (Å²) in [6.07, 6.45) is -2.01. The Bertz CT molecular complexity index is 1680. The van der Waals surface area contributed by atoms with Crippen LogP contribution in [-0.4, -0.2) is 49.0 Å². The number of alkyl halides is 5. The number of aryl methyl sites for hydroxylation is 1. The van der Waals surface area contributed by atoms with Crippen molar-refractivity contribution in [1.82, 2.24) is 29.7 Å². The molecule has 11 nitrogen and oxygen atoms in total. The Morgan fingerprint density at radius 2 is 1.93 bits per heavy atom. The van der Waals surface area contributed by atoms with Gasteiger partial charge in [0.2, 0.25) is 0 Å². The van der Waals surface area contributed by atoms with E-state index in [4.69, 9.17) is 17.3 Å². The maximum Gasteiger partial charge on any atom is 0.423 e. The highest BCUT2D eigenvalue weighted by Crippen LogP contribution is 2.32. The number of nitrogen functional groups attached to an aromatic ring is 1. The molecule has 0 fully saturated rings. The average molecular weight is 605 g/mol. The summed E-state index contributed by atoms with van der Waals surface area (Å²) in [4.78, 5) is 36.7. The zero-order valence-electron chi connectivity index (χ0n) is 20.6. The highest BCUT2D eigenvalue weighted by molar-refractivity contribution is 6.32. The summed E-state index contributed by atoms with van der Waals surface area (Å²) in [5.41, 5.74) is 1.22. The van der Waals surface area contributed by atoms with Gasteiger partial charge in [-0.05, 0) is 25.0 Å². The molecule has 3 heterocycles. The Morgan fingerprint density at radius 1 is 1.17 bits per heavy atom. The SMILES string of the molecule is Nc1nc(-c2cc3ncn(CCC[C@H](COC(F)F)Nc4cn[nH]c(=O)c4C(F)(F)F)c(=O)c3cc2F)ncc1Cl. The summed E-state index contributed by atoms with van der Waals surface area (Å²) in [6.45, 7) is -3.99. The van der Waals surface area contributed by atoms with Gasteiger partial charge in [0.15, 0.2) is 5.82 Å². The van der Waals surface area contributed by atoms with Crippen LogP contribution in [-0.2, 0) is 17.5 Å². The zero-order chi connectivity index (χ0) is 29.9. The summed E-state index contributed by atoms with van der Waals surface area (Å²) in [6, 6.07) is 1.07. The number of aromatic nitrogens is 6. The quantitative estimate of drug-likeness (QED) is 0.229. The summed E-state index contributed by atoms with van der Waals surface area (Å²) in [5.74, 6) is -0.987. The molecule has 218 valence electrons. The van der Waals surface area contributed by atoms with Crippen molar-refractivity contribution in [3.63, 3.8) is 0 Å². The van der Waals surface area contributed by atoms with Crippen LogP contribution >= 0.6 is 11.6 Å². The van der Waals surface area contributed by atoms with E-state index in [0.717, 1.165) is 10.6 Å². The number of anilines is 2. The molecular weight excluding hydrogens is 586 g/mol. The summed E-state index contributed by atoms with van der Waals surface area (Å²) in [5, 5.41) is 7.35. The minimum Gasteiger partial charge on any atom is -0.382 e. The van der Waals surface area contributed by atoms with Crippen LogP contribution in [0.15, 0.2) is 40.4 Å². The fraction of sp³-hybridized carbons (Fsp3) is 0.304. The molecule has 4 rings (SSSR count). The van der Waals surface area contributed by atoms with E-state index in [9.17, 15) is 35.9 Å². The molecule has 1 atom stereocenters. The van der Waals surface area contributed by atoms with Crippen molar-refractivity contribution in [3.05, 3.63) is 68.0 Å². The molecule has 0 aliphatic carbocycles. The molecule has 4 aromatic rings. The van der Waals surface area contributed by atoms with Crippen LogP contribution in [0.25, 0.3) is 22.3 Å². The molecular formula is C23H19ClF6N8O3. The molecule has 18 heteroatoms. The van der Waals surface area contributed by atoms with Crippen molar-refractivity contribution in [2.45, 2.75) is 38.2 Å². The first kappa shape index (κ1) is 29.7. The first-order valence-electron chi connectivity index (χ1n) is 11.6. The Kier molecular flexibility index (Phi) is 8.77. The van der Waals surface area contributed by atoms with Crippen molar-refractivity contribution in [2.24, 2.45) is 0 Å². The van der Waals surface area contributed by atoms with E-state index in [1.807, 2.05) is 0 Å². The number of rotatable bonds is 10. The number of hydrogen-bond acceptors (Lipinski definition) is 9. The maximum atomic E-state index is 14.9. The van der Waals surface area contributed by atoms with Gasteiger partial charge in [-0.25, -0.2) is 24.4 Å². The number of benzene rings is 1. The Balaban J connectivity index is 1.53. The minimum atomic E-state index is -5.06. The van der Waals surface area contributed by atoms with Gasteiger partial charge in [-0.15, -0.1) is 0 Å². The van der Waals surface area contributed by atoms with Crippen molar-refractivity contribution >= 4 is 34.0 Å². The van der Waals surface area contributed by atoms with Crippen molar-refractivity contribution in [1.29, 1.82) is 0 Å². The van der Waals surface area contributed by atoms with Crippen LogP contribution in [0.4, 0.5) is 37.8 Å². The van der Waals surface area contributed by atoms with Crippen LogP contribution in [0.5, 0.6) is 0 Å². The lowest BCUT2D eigenvalue weighted by Gasteiger charge is -2.22. The smallest absolute Gasteiger partial charge is 0.382 e. The number of nitrogens with zero attached hydrogens (tertiary/aromatic N) is 5. The second-order valence-electron chi connectivity index (χ2n) is 8.58. The molecule has 4 N–H and O–H groups in total. The topological polar surface area (TPSA) is 154 Å². The zero-order valence-corrected chi connectivity index (χ0v) is 21.3. The predicted molar refractivity (Wildman–Crippen MR) is 135 cm³/mol. The van der Waals surface area contributed by atoms with E-state index in [-0.39, 0.29) is 52.5 Å². The second kappa shape index (κ2) is 12.1. The third-order valence-corrected chi connectivity index (χ3v) is 6.09. The Hall–Kier alpha value is -4.25. The monoisotopic (exact) mass is 604 g/mol. The second-order valence-corrected chi connectivity index (χ2v) is 8.99. The lowest BCUT2D eigenvalue weighted by atomic mass is 10.1. The molecule has 0 saturated carbocycles. The minimum absolute atomic E-state index is 0.0609. The molecule has 1 aromatic carbocycles. The van der Waals surface area contributed by atoms with Gasteiger partial charge in [0, 0.05) is 12.6 Å². The summed E-state index contributed by atoms with van der Waals surface area (Å²) < 4.78 is 85.7. The molecule has 0 bridgehead atoms. The van der Waals surface area contributed by atoms with Gasteiger partial charge in [-0.3, -0.25) is 14.2 Å². The van der Waals surface area contributed by atoms with Gasteiger partial charge in [0.1, 0.15) is 22.2 Å². The molecule has 0 saturated heterocycles. The first-order chi connectivity index (χ1) is 19.3. The lowest BCUT2D eigenvalue weighted by Crippen LogP contribution is -2.32. The van der Waals surface area contributed by atoms with Crippen LogP contribution < -0.4 is 22.2 Å². The fourth-order valence-electron chi connectivity index (χ4n) is 3.92. The molecule has 0 radical (unpaired) electrons. The molecule has 0 amide bonds. The molecule has 3 aromatic heterocycles. The largest absolute Gasteiger partial charge is 0.423 e. The third-order valence-electron chi connectivity index (χ3n) is 5.80. The number of hydrogen-bond donors (Lipinski definition) is 3. The highest BCUT2D eigenvalue weighted by atomic mass is 35.5. The van der Waals surface area contributed by atoms with Gasteiger partial charge in [-0.2, -0.15) is 27.1 Å². The first-order valence-corrected chi connectivity index (χ1v) is 12.0. The number of H-pyrrole nitrogens is 1. The predicted octanol–water partition coefficient (Wildman–Crippen LogP) is 3.83. The van der Waals surface area contributed by atoms with E-state index in [1.54, 1.807) is 5.10 Å². The molecule has 0 spiro atoms. The van der Waals surface area contributed by atoms with Gasteiger partial charge >= 0.3 is 12.8 Å². The Morgan fingerprint density at radius 3 is 2.61 bits per heavy atom. The number of nitrogens with one attached hydrogen (secondary N) is 2. The van der Waals surface area contributed by atoms with E-state index in [1.165, 1.54) is 18.6 Å². The van der Waals surface area contributed by atoms with Gasteiger partial charge in [0.05, 0.1) is 47.5 Å². The lowest BCUT2D eigenvalue weighted by molar-refractivity contribution is -0.138.